The van der Waals surface area contributed by atoms with Gasteiger partial charge in [-0.1, -0.05) is 25.5 Å². The molecule has 5 heteroatoms. The lowest BCUT2D eigenvalue weighted by atomic mass is 10.0. The molecule has 1 heterocycles. The van der Waals surface area contributed by atoms with Gasteiger partial charge in [-0.05, 0) is 37.0 Å². The normalized spacial score (nSPS) is 21.5. The molecule has 0 radical (unpaired) electrons. The molecule has 0 aromatic heterocycles. The van der Waals surface area contributed by atoms with Gasteiger partial charge in [0, 0.05) is 12.6 Å². The van der Waals surface area contributed by atoms with E-state index < -0.39 is 10.0 Å². The molecule has 0 saturated carbocycles. The van der Waals surface area contributed by atoms with Crippen LogP contribution in [0.2, 0.25) is 0 Å². The summed E-state index contributed by atoms with van der Waals surface area (Å²) < 4.78 is 27.0. The van der Waals surface area contributed by atoms with Crippen molar-refractivity contribution in [2.75, 3.05) is 6.54 Å². The molecule has 0 bridgehead atoms. The SMILES string of the molecule is CCC1CCCCN1S(=O)(=O)c1cccc(CO)c1. The molecule has 19 heavy (non-hydrogen) atoms. The Labute approximate surface area is 115 Å². The van der Waals surface area contributed by atoms with Crippen LogP contribution in [0.3, 0.4) is 0 Å². The fourth-order valence-corrected chi connectivity index (χ4v) is 4.48. The summed E-state index contributed by atoms with van der Waals surface area (Å²) in [4.78, 5) is 0.291. The number of sulfonamides is 1. The third kappa shape index (κ3) is 2.99. The van der Waals surface area contributed by atoms with Crippen LogP contribution in [0.15, 0.2) is 29.2 Å². The largest absolute Gasteiger partial charge is 0.392 e. The van der Waals surface area contributed by atoms with Gasteiger partial charge in [0.25, 0.3) is 0 Å². The predicted octanol–water partition coefficient (Wildman–Crippen LogP) is 2.13. The van der Waals surface area contributed by atoms with Crippen LogP contribution in [-0.2, 0) is 16.6 Å². The molecule has 1 aromatic carbocycles. The van der Waals surface area contributed by atoms with Crippen LogP contribution < -0.4 is 0 Å². The third-order valence-corrected chi connectivity index (χ3v) is 5.68. The third-order valence-electron chi connectivity index (χ3n) is 3.73. The highest BCUT2D eigenvalue weighted by molar-refractivity contribution is 7.89. The van der Waals surface area contributed by atoms with Crippen molar-refractivity contribution < 1.29 is 13.5 Å². The topological polar surface area (TPSA) is 57.6 Å². The first-order chi connectivity index (χ1) is 9.09. The number of rotatable bonds is 4. The number of hydrogen-bond donors (Lipinski definition) is 1. The Morgan fingerprint density at radius 1 is 1.37 bits per heavy atom. The number of aliphatic hydroxyl groups excluding tert-OH is 1. The van der Waals surface area contributed by atoms with E-state index in [9.17, 15) is 8.42 Å². The summed E-state index contributed by atoms with van der Waals surface area (Å²) in [7, 11) is -3.43. The summed E-state index contributed by atoms with van der Waals surface area (Å²) in [5.41, 5.74) is 0.631. The van der Waals surface area contributed by atoms with E-state index in [1.165, 1.54) is 0 Å². The minimum absolute atomic E-state index is 0.108. The molecule has 1 aliphatic rings. The van der Waals surface area contributed by atoms with Gasteiger partial charge in [-0.25, -0.2) is 8.42 Å². The van der Waals surface area contributed by atoms with Crippen LogP contribution in [0.1, 0.15) is 38.2 Å². The molecule has 4 nitrogen and oxygen atoms in total. The number of hydrogen-bond acceptors (Lipinski definition) is 3. The molecule has 1 atom stereocenters. The van der Waals surface area contributed by atoms with Crippen molar-refractivity contribution in [3.63, 3.8) is 0 Å². The Morgan fingerprint density at radius 2 is 2.16 bits per heavy atom. The van der Waals surface area contributed by atoms with Crippen molar-refractivity contribution in [3.05, 3.63) is 29.8 Å². The van der Waals surface area contributed by atoms with Crippen molar-refractivity contribution in [2.45, 2.75) is 50.2 Å². The number of nitrogens with zero attached hydrogens (tertiary/aromatic N) is 1. The van der Waals surface area contributed by atoms with E-state index in [4.69, 9.17) is 5.11 Å². The second-order valence-electron chi connectivity index (χ2n) is 4.98. The summed E-state index contributed by atoms with van der Waals surface area (Å²) in [5, 5.41) is 9.13. The molecule has 1 aliphatic heterocycles. The standard InChI is InChI=1S/C14H21NO3S/c1-2-13-7-3-4-9-15(13)19(17,18)14-8-5-6-12(10-14)11-16/h5-6,8,10,13,16H,2-4,7,9,11H2,1H3. The average molecular weight is 283 g/mol. The number of aliphatic hydroxyl groups is 1. The van der Waals surface area contributed by atoms with Crippen molar-refractivity contribution in [1.82, 2.24) is 4.31 Å². The molecular formula is C14H21NO3S. The van der Waals surface area contributed by atoms with Crippen LogP contribution in [0.5, 0.6) is 0 Å². The Bertz CT molecular complexity index is 527. The maximum Gasteiger partial charge on any atom is 0.243 e. The van der Waals surface area contributed by atoms with E-state index in [1.807, 2.05) is 6.92 Å². The van der Waals surface area contributed by atoms with Crippen LogP contribution in [0.25, 0.3) is 0 Å². The van der Waals surface area contributed by atoms with Gasteiger partial charge in [0.1, 0.15) is 0 Å². The lowest BCUT2D eigenvalue weighted by Crippen LogP contribution is -2.43. The molecule has 1 unspecified atom stereocenters. The molecule has 0 amide bonds. The minimum atomic E-state index is -3.43. The van der Waals surface area contributed by atoms with Gasteiger partial charge >= 0.3 is 0 Å². The van der Waals surface area contributed by atoms with Gasteiger partial charge in [-0.2, -0.15) is 4.31 Å². The smallest absolute Gasteiger partial charge is 0.243 e. The quantitative estimate of drug-likeness (QED) is 0.921. The summed E-state index contributed by atoms with van der Waals surface area (Å²) in [5.74, 6) is 0. The molecule has 0 spiro atoms. The number of benzene rings is 1. The van der Waals surface area contributed by atoms with Crippen molar-refractivity contribution in [2.24, 2.45) is 0 Å². The fourth-order valence-electron chi connectivity index (χ4n) is 2.64. The van der Waals surface area contributed by atoms with Crippen molar-refractivity contribution >= 4 is 10.0 Å². The predicted molar refractivity (Wildman–Crippen MR) is 74.2 cm³/mol. The molecule has 1 fully saturated rings. The lowest BCUT2D eigenvalue weighted by molar-refractivity contribution is 0.246. The van der Waals surface area contributed by atoms with Gasteiger partial charge in [0.05, 0.1) is 11.5 Å². The highest BCUT2D eigenvalue weighted by Gasteiger charge is 2.32. The second kappa shape index (κ2) is 6.03. The first-order valence-electron chi connectivity index (χ1n) is 6.81. The van der Waals surface area contributed by atoms with Crippen LogP contribution in [0, 0.1) is 0 Å². The zero-order chi connectivity index (χ0) is 13.9. The summed E-state index contributed by atoms with van der Waals surface area (Å²) in [6.45, 7) is 2.49. The van der Waals surface area contributed by atoms with Crippen molar-refractivity contribution in [1.29, 1.82) is 0 Å². The molecule has 106 valence electrons. The molecular weight excluding hydrogens is 262 g/mol. The highest BCUT2D eigenvalue weighted by Crippen LogP contribution is 2.27. The van der Waals surface area contributed by atoms with E-state index in [-0.39, 0.29) is 12.6 Å². The molecule has 1 N–H and O–H groups in total. The van der Waals surface area contributed by atoms with E-state index in [0.29, 0.717) is 17.0 Å². The number of piperidine rings is 1. The minimum Gasteiger partial charge on any atom is -0.392 e. The monoisotopic (exact) mass is 283 g/mol. The molecule has 1 saturated heterocycles. The van der Waals surface area contributed by atoms with Gasteiger partial charge in [0.2, 0.25) is 10.0 Å². The maximum absolute atomic E-state index is 12.7. The lowest BCUT2D eigenvalue weighted by Gasteiger charge is -2.34. The highest BCUT2D eigenvalue weighted by atomic mass is 32.2. The maximum atomic E-state index is 12.7. The van der Waals surface area contributed by atoms with Crippen LogP contribution >= 0.6 is 0 Å². The summed E-state index contributed by atoms with van der Waals surface area (Å²) in [6.07, 6.45) is 3.81. The van der Waals surface area contributed by atoms with Gasteiger partial charge in [-0.3, -0.25) is 0 Å². The second-order valence-corrected chi connectivity index (χ2v) is 6.87. The van der Waals surface area contributed by atoms with Crippen LogP contribution in [0.4, 0.5) is 0 Å². The average Bonchev–Trinajstić information content (AvgIpc) is 2.47. The van der Waals surface area contributed by atoms with E-state index in [2.05, 4.69) is 0 Å². The Morgan fingerprint density at radius 3 is 2.84 bits per heavy atom. The molecule has 0 aliphatic carbocycles. The molecule has 1 aromatic rings. The van der Waals surface area contributed by atoms with E-state index in [0.717, 1.165) is 25.7 Å². The van der Waals surface area contributed by atoms with Gasteiger partial charge in [0.15, 0.2) is 0 Å². The van der Waals surface area contributed by atoms with Gasteiger partial charge in [-0.15, -0.1) is 0 Å². The van der Waals surface area contributed by atoms with Gasteiger partial charge < -0.3 is 5.11 Å². The zero-order valence-corrected chi connectivity index (χ0v) is 12.1. The Kier molecular flexibility index (Phi) is 4.60. The van der Waals surface area contributed by atoms with E-state index >= 15 is 0 Å². The summed E-state index contributed by atoms with van der Waals surface area (Å²) in [6, 6.07) is 6.69. The Balaban J connectivity index is 2.34. The molecule has 2 rings (SSSR count). The van der Waals surface area contributed by atoms with Crippen molar-refractivity contribution in [3.8, 4) is 0 Å². The summed E-state index contributed by atoms with van der Waals surface area (Å²) >= 11 is 0. The first-order valence-corrected chi connectivity index (χ1v) is 8.25. The Hall–Kier alpha value is -0.910. The van der Waals surface area contributed by atoms with Crippen LogP contribution in [-0.4, -0.2) is 30.4 Å². The zero-order valence-electron chi connectivity index (χ0n) is 11.2. The van der Waals surface area contributed by atoms with E-state index in [1.54, 1.807) is 28.6 Å². The first kappa shape index (κ1) is 14.5. The fraction of sp³-hybridized carbons (Fsp3) is 0.571.